The van der Waals surface area contributed by atoms with Crippen LogP contribution in [0.15, 0.2) is 29.3 Å². The molecule has 2 atom stereocenters. The van der Waals surface area contributed by atoms with Crippen molar-refractivity contribution in [2.24, 2.45) is 16.5 Å². The molecule has 0 bridgehead atoms. The van der Waals surface area contributed by atoms with E-state index >= 15 is 0 Å². The van der Waals surface area contributed by atoms with Crippen molar-refractivity contribution in [1.82, 2.24) is 21.3 Å². The van der Waals surface area contributed by atoms with Gasteiger partial charge in [0.15, 0.2) is 11.7 Å². The lowest BCUT2D eigenvalue weighted by Crippen LogP contribution is -2.41. The molecule has 0 saturated heterocycles. The van der Waals surface area contributed by atoms with E-state index in [1.165, 1.54) is 0 Å². The van der Waals surface area contributed by atoms with Gasteiger partial charge < -0.3 is 42.9 Å². The van der Waals surface area contributed by atoms with Crippen molar-refractivity contribution in [3.05, 3.63) is 35.4 Å². The van der Waals surface area contributed by atoms with Crippen molar-refractivity contribution in [3.8, 4) is 0 Å². The molecule has 0 aliphatic carbocycles. The molecular formula is C35H57N7O8. The van der Waals surface area contributed by atoms with Crippen LogP contribution in [-0.2, 0) is 25.7 Å². The summed E-state index contributed by atoms with van der Waals surface area (Å²) in [5.74, 6) is -2.31. The second kappa shape index (κ2) is 26.2. The number of carbonyl (C=O) groups is 6. The molecule has 10 N–H and O–H groups in total. The lowest BCUT2D eigenvalue weighted by Gasteiger charge is -2.14. The molecule has 15 nitrogen and oxygen atoms in total. The molecule has 0 spiro atoms. The molecule has 1 rings (SSSR count). The fourth-order valence-corrected chi connectivity index (χ4v) is 5.01. The molecule has 280 valence electrons. The van der Waals surface area contributed by atoms with Gasteiger partial charge in [-0.15, -0.1) is 0 Å². The molecule has 0 heterocycles. The van der Waals surface area contributed by atoms with Gasteiger partial charge in [-0.3, -0.25) is 19.2 Å². The average molecular weight is 704 g/mol. The average Bonchev–Trinajstić information content (AvgIpc) is 3.06. The van der Waals surface area contributed by atoms with Gasteiger partial charge >= 0.3 is 18.0 Å². The number of benzene rings is 1. The van der Waals surface area contributed by atoms with Gasteiger partial charge in [0.05, 0.1) is 6.54 Å². The Labute approximate surface area is 294 Å². The van der Waals surface area contributed by atoms with Gasteiger partial charge in [0, 0.05) is 50.4 Å². The Kier molecular flexibility index (Phi) is 22.7. The minimum absolute atomic E-state index is 0.00173. The Bertz CT molecular complexity index is 1240. The van der Waals surface area contributed by atoms with E-state index in [1.54, 1.807) is 31.2 Å². The molecule has 0 aliphatic heterocycles. The van der Waals surface area contributed by atoms with E-state index in [4.69, 9.17) is 16.6 Å². The zero-order valence-electron chi connectivity index (χ0n) is 29.3. The first-order chi connectivity index (χ1) is 23.9. The van der Waals surface area contributed by atoms with Crippen LogP contribution in [0.25, 0.3) is 0 Å². The van der Waals surface area contributed by atoms with Crippen molar-refractivity contribution in [3.63, 3.8) is 0 Å². The van der Waals surface area contributed by atoms with Gasteiger partial charge in [0.2, 0.25) is 11.8 Å². The first-order valence-electron chi connectivity index (χ1n) is 17.6. The fourth-order valence-electron chi connectivity index (χ4n) is 5.01. The molecule has 1 unspecified atom stereocenters. The molecule has 1 aromatic rings. The van der Waals surface area contributed by atoms with Crippen LogP contribution in [0.1, 0.15) is 126 Å². The molecule has 0 aromatic heterocycles. The Hall–Kier alpha value is -4.69. The molecular weight excluding hydrogens is 646 g/mol. The highest BCUT2D eigenvalue weighted by Gasteiger charge is 2.19. The van der Waals surface area contributed by atoms with Gasteiger partial charge in [-0.2, -0.15) is 0 Å². The van der Waals surface area contributed by atoms with E-state index < -0.39 is 18.0 Å². The molecule has 0 radical (unpaired) electrons. The fraction of sp³-hybridized carbons (Fsp3) is 0.629. The summed E-state index contributed by atoms with van der Waals surface area (Å²) in [4.78, 5) is 74.8. The third-order valence-electron chi connectivity index (χ3n) is 7.94. The van der Waals surface area contributed by atoms with E-state index in [0.717, 1.165) is 37.7 Å². The highest BCUT2D eigenvalue weighted by atomic mass is 16.4. The molecule has 0 aliphatic rings. The van der Waals surface area contributed by atoms with Crippen LogP contribution in [-0.4, -0.2) is 76.9 Å². The topological polar surface area (TPSA) is 255 Å². The number of rotatable bonds is 28. The predicted octanol–water partition coefficient (Wildman–Crippen LogP) is 3.34. The number of carboxylic acid groups (broad SMARTS) is 2. The van der Waals surface area contributed by atoms with Crippen LogP contribution in [0, 0.1) is 0 Å². The number of aliphatic carboxylic acids is 2. The van der Waals surface area contributed by atoms with Crippen LogP contribution < -0.4 is 32.7 Å². The number of guanidine groups is 1. The zero-order chi connectivity index (χ0) is 37.1. The second-order valence-electron chi connectivity index (χ2n) is 12.5. The number of carboxylic acids is 2. The molecule has 0 fully saturated rings. The van der Waals surface area contributed by atoms with Gasteiger partial charge in [0.1, 0.15) is 6.04 Å². The normalized spacial score (nSPS) is 11.9. The monoisotopic (exact) mass is 703 g/mol. The first-order valence-corrected chi connectivity index (χ1v) is 17.6. The standard InChI is InChI=1S/C35H57N7O8/c1-25(16-21-32(46)47)41-35(50)39-23-11-5-10-22-38-30(44)14-8-2-3-9-15-31(45)42-28(33(48)49)12-6-4-7-13-29(43)27-19-17-26(18-20-27)24-40-34(36)37/h17-20,25,28H,2-16,21-24H2,1H3,(H,38,44)(H,42,45)(H,46,47)(H,48,49)(H4,36,37,40)(H2,39,41,50)/t25-,28?/m1/s1. The third-order valence-corrected chi connectivity index (χ3v) is 7.94. The van der Waals surface area contributed by atoms with Crippen molar-refractivity contribution in [2.45, 2.75) is 128 Å². The highest BCUT2D eigenvalue weighted by molar-refractivity contribution is 5.96. The largest absolute Gasteiger partial charge is 0.481 e. The molecule has 0 saturated carbocycles. The van der Waals surface area contributed by atoms with E-state index in [9.17, 15) is 33.9 Å². The summed E-state index contributed by atoms with van der Waals surface area (Å²) in [6.45, 7) is 3.14. The molecule has 50 heavy (non-hydrogen) atoms. The number of nitrogens with two attached hydrogens (primary N) is 2. The predicted molar refractivity (Wildman–Crippen MR) is 190 cm³/mol. The summed E-state index contributed by atoms with van der Waals surface area (Å²) in [5, 5.41) is 29.1. The molecule has 4 amide bonds. The lowest BCUT2D eigenvalue weighted by atomic mass is 10.0. The van der Waals surface area contributed by atoms with E-state index in [-0.39, 0.29) is 54.9 Å². The van der Waals surface area contributed by atoms with Crippen molar-refractivity contribution >= 4 is 41.5 Å². The number of unbranched alkanes of at least 4 members (excludes halogenated alkanes) is 7. The molecule has 15 heteroatoms. The first kappa shape index (κ1) is 43.3. The van der Waals surface area contributed by atoms with Crippen LogP contribution in [0.5, 0.6) is 0 Å². The highest BCUT2D eigenvalue weighted by Crippen LogP contribution is 2.13. The second-order valence-corrected chi connectivity index (χ2v) is 12.5. The van der Waals surface area contributed by atoms with Crippen LogP contribution in [0.4, 0.5) is 4.79 Å². The number of urea groups is 1. The maximum atomic E-state index is 12.5. The number of aliphatic imine (C=N–C) groups is 1. The number of carbonyl (C=O) groups excluding carboxylic acids is 4. The molecule has 1 aromatic carbocycles. The van der Waals surface area contributed by atoms with E-state index in [1.807, 2.05) is 0 Å². The van der Waals surface area contributed by atoms with Crippen LogP contribution >= 0.6 is 0 Å². The smallest absolute Gasteiger partial charge is 0.326 e. The zero-order valence-corrected chi connectivity index (χ0v) is 29.3. The maximum absolute atomic E-state index is 12.5. The Balaban J connectivity index is 2.07. The summed E-state index contributed by atoms with van der Waals surface area (Å²) in [6, 6.07) is 5.56. The number of Topliss-reactive ketones (excluding diaryl/α,β-unsaturated/α-hetero) is 1. The van der Waals surface area contributed by atoms with Gasteiger partial charge in [-0.25, -0.2) is 14.6 Å². The van der Waals surface area contributed by atoms with Gasteiger partial charge in [0.25, 0.3) is 0 Å². The third kappa shape index (κ3) is 22.8. The number of ketones is 1. The number of hydrogen-bond acceptors (Lipinski definition) is 7. The quantitative estimate of drug-likeness (QED) is 0.0273. The minimum atomic E-state index is -1.08. The summed E-state index contributed by atoms with van der Waals surface area (Å²) >= 11 is 0. The van der Waals surface area contributed by atoms with Crippen molar-refractivity contribution < 1.29 is 39.0 Å². The number of amides is 4. The minimum Gasteiger partial charge on any atom is -0.481 e. The number of nitrogens with zero attached hydrogens (tertiary/aromatic N) is 1. The Morgan fingerprint density at radius 3 is 1.88 bits per heavy atom. The van der Waals surface area contributed by atoms with Gasteiger partial charge in [-0.1, -0.05) is 49.9 Å². The number of nitrogens with one attached hydrogen (secondary N) is 4. The summed E-state index contributed by atoms with van der Waals surface area (Å²) < 4.78 is 0. The maximum Gasteiger partial charge on any atom is 0.326 e. The lowest BCUT2D eigenvalue weighted by molar-refractivity contribution is -0.142. The van der Waals surface area contributed by atoms with E-state index in [2.05, 4.69) is 26.3 Å². The summed E-state index contributed by atoms with van der Waals surface area (Å²) in [7, 11) is 0. The van der Waals surface area contributed by atoms with Crippen LogP contribution in [0.3, 0.4) is 0 Å². The SMILES string of the molecule is C[C@H](CCC(=O)O)NC(=O)NCCCCCNC(=O)CCCCCCC(=O)NC(CCCCCC(=O)c1ccc(CN=C(N)N)cc1)C(=O)O. The van der Waals surface area contributed by atoms with Crippen molar-refractivity contribution in [2.75, 3.05) is 13.1 Å². The van der Waals surface area contributed by atoms with Crippen molar-refractivity contribution in [1.29, 1.82) is 0 Å². The Morgan fingerprint density at radius 2 is 1.26 bits per heavy atom. The van der Waals surface area contributed by atoms with Crippen LogP contribution in [0.2, 0.25) is 0 Å². The Morgan fingerprint density at radius 1 is 0.680 bits per heavy atom. The summed E-state index contributed by atoms with van der Waals surface area (Å²) in [6.07, 6.45) is 8.69. The van der Waals surface area contributed by atoms with Gasteiger partial charge in [-0.05, 0) is 63.9 Å². The van der Waals surface area contributed by atoms with E-state index in [0.29, 0.717) is 76.6 Å². The number of hydrogen-bond donors (Lipinski definition) is 8. The summed E-state index contributed by atoms with van der Waals surface area (Å²) in [5.41, 5.74) is 12.2.